The highest BCUT2D eigenvalue weighted by atomic mass is 35.5. The molecule has 2 saturated carbocycles. The van der Waals surface area contributed by atoms with E-state index in [1.165, 1.54) is 18.2 Å². The number of carbonyl (C=O) groups is 2. The minimum absolute atomic E-state index is 0.0876. The molecular weight excluding hydrogens is 451 g/mol. The quantitative estimate of drug-likeness (QED) is 0.637. The van der Waals surface area contributed by atoms with Crippen molar-refractivity contribution < 1.29 is 28.3 Å². The lowest BCUT2D eigenvalue weighted by atomic mass is 9.71. The lowest BCUT2D eigenvalue weighted by Gasteiger charge is -2.30. The molecule has 0 unspecified atom stereocenters. The molecule has 9 heteroatoms. The number of amides is 2. The Bertz CT molecular complexity index is 1230. The van der Waals surface area contributed by atoms with Crippen LogP contribution in [0.1, 0.15) is 12.0 Å². The van der Waals surface area contributed by atoms with Gasteiger partial charge in [0.2, 0.25) is 11.8 Å². The van der Waals surface area contributed by atoms with Crippen molar-refractivity contribution in [3.8, 4) is 11.5 Å². The van der Waals surface area contributed by atoms with Crippen molar-refractivity contribution in [1.82, 2.24) is 0 Å². The number of nitrogens with zero attached hydrogens (tertiary/aromatic N) is 2. The van der Waals surface area contributed by atoms with Crippen molar-refractivity contribution in [3.63, 3.8) is 0 Å². The van der Waals surface area contributed by atoms with E-state index in [-0.39, 0.29) is 40.7 Å². The van der Waals surface area contributed by atoms with Gasteiger partial charge in [-0.25, -0.2) is 9.29 Å². The zero-order chi connectivity index (χ0) is 23.0. The van der Waals surface area contributed by atoms with Gasteiger partial charge in [0, 0.05) is 23.5 Å². The number of ether oxygens (including phenoxy) is 2. The number of anilines is 1. The molecule has 1 saturated heterocycles. The summed E-state index contributed by atoms with van der Waals surface area (Å²) < 4.78 is 24.5. The highest BCUT2D eigenvalue weighted by molar-refractivity contribution is 6.31. The molecule has 170 valence electrons. The van der Waals surface area contributed by atoms with Gasteiger partial charge >= 0.3 is 0 Å². The van der Waals surface area contributed by atoms with E-state index >= 15 is 0 Å². The maximum Gasteiger partial charge on any atom is 0.238 e. The van der Waals surface area contributed by atoms with Gasteiger partial charge in [-0.2, -0.15) is 0 Å². The summed E-state index contributed by atoms with van der Waals surface area (Å²) in [6.07, 6.45) is 0.448. The highest BCUT2D eigenvalue weighted by Crippen LogP contribution is 2.62. The largest absolute Gasteiger partial charge is 0.497 e. The number of oxime groups is 1. The van der Waals surface area contributed by atoms with Crippen LogP contribution in [-0.4, -0.2) is 37.8 Å². The zero-order valence-electron chi connectivity index (χ0n) is 17.8. The van der Waals surface area contributed by atoms with Crippen LogP contribution in [0.25, 0.3) is 0 Å². The van der Waals surface area contributed by atoms with Crippen molar-refractivity contribution >= 4 is 34.8 Å². The fraction of sp³-hybridized carbons (Fsp3) is 0.375. The third-order valence-electron chi connectivity index (χ3n) is 7.54. The molecule has 0 aromatic heterocycles. The molecule has 0 radical (unpaired) electrons. The fourth-order valence-corrected chi connectivity index (χ4v) is 6.41. The van der Waals surface area contributed by atoms with Crippen LogP contribution in [0.15, 0.2) is 41.6 Å². The summed E-state index contributed by atoms with van der Waals surface area (Å²) in [7, 11) is 3.16. The molecular formula is C24H20ClFN2O5. The summed E-state index contributed by atoms with van der Waals surface area (Å²) in [5.41, 5.74) is 1.81. The first-order valence-corrected chi connectivity index (χ1v) is 11.1. The predicted octanol–water partition coefficient (Wildman–Crippen LogP) is 3.67. The third kappa shape index (κ3) is 2.70. The van der Waals surface area contributed by atoms with E-state index < -0.39 is 17.7 Å². The topological polar surface area (TPSA) is 77.4 Å². The van der Waals surface area contributed by atoms with Crippen molar-refractivity contribution in [2.75, 3.05) is 19.1 Å². The SMILES string of the molecule is COc1ccc(C2=NO[C@@H]3[C@H]4C[C@H]([C@H]5C(=O)N(c6ccc(F)c(Cl)c6)C(=O)[C@@H]45)[C@H]23)c(OC)c1. The van der Waals surface area contributed by atoms with Gasteiger partial charge in [-0.1, -0.05) is 16.8 Å². The smallest absolute Gasteiger partial charge is 0.238 e. The normalized spacial score (nSPS) is 31.4. The molecule has 2 aliphatic carbocycles. The molecule has 3 fully saturated rings. The number of rotatable bonds is 4. The predicted molar refractivity (Wildman–Crippen MR) is 117 cm³/mol. The average Bonchev–Trinajstić information content (AvgIpc) is 3.56. The Morgan fingerprint density at radius 3 is 2.48 bits per heavy atom. The Hall–Kier alpha value is -3.13. The Labute approximate surface area is 194 Å². The summed E-state index contributed by atoms with van der Waals surface area (Å²) in [6, 6.07) is 9.38. The monoisotopic (exact) mass is 470 g/mol. The lowest BCUT2D eigenvalue weighted by molar-refractivity contribution is -0.125. The van der Waals surface area contributed by atoms with Gasteiger partial charge in [-0.15, -0.1) is 0 Å². The molecule has 0 spiro atoms. The van der Waals surface area contributed by atoms with Crippen molar-refractivity contribution in [2.45, 2.75) is 12.5 Å². The van der Waals surface area contributed by atoms with Gasteiger partial charge in [0.15, 0.2) is 0 Å². The first-order valence-electron chi connectivity index (χ1n) is 10.7. The number of hydrogen-bond acceptors (Lipinski definition) is 6. The minimum Gasteiger partial charge on any atom is -0.497 e. The number of hydrogen-bond donors (Lipinski definition) is 0. The second-order valence-corrected chi connectivity index (χ2v) is 9.27. The van der Waals surface area contributed by atoms with Gasteiger partial charge in [0.25, 0.3) is 0 Å². The summed E-state index contributed by atoms with van der Waals surface area (Å²) >= 11 is 5.91. The molecule has 33 heavy (non-hydrogen) atoms. The maximum atomic E-state index is 13.6. The standard InChI is InChI=1S/C24H20ClFN2O5/c1-31-11-4-5-12(17(8-11)32-2)21-20-13-9-14(22(20)33-27-21)19-18(13)23(29)28(24(19)30)10-3-6-16(26)15(25)7-10/h3-8,13-14,18-20,22H,9H2,1-2H3/t13-,14+,18-,19+,20-,22-/m1/s1. The van der Waals surface area contributed by atoms with Crippen LogP contribution in [0.3, 0.4) is 0 Å². The van der Waals surface area contributed by atoms with E-state index in [0.29, 0.717) is 17.2 Å². The fourth-order valence-electron chi connectivity index (χ4n) is 6.24. The number of fused-ring (bicyclic) bond motifs is 8. The van der Waals surface area contributed by atoms with E-state index in [4.69, 9.17) is 25.9 Å². The van der Waals surface area contributed by atoms with Crippen LogP contribution >= 0.6 is 11.6 Å². The number of halogens is 2. The van der Waals surface area contributed by atoms with Crippen molar-refractivity contribution in [2.24, 2.45) is 34.7 Å². The molecule has 2 aliphatic heterocycles. The highest BCUT2D eigenvalue weighted by Gasteiger charge is 2.70. The second-order valence-electron chi connectivity index (χ2n) is 8.86. The Morgan fingerprint density at radius 1 is 1.03 bits per heavy atom. The average molecular weight is 471 g/mol. The number of methoxy groups -OCH3 is 2. The van der Waals surface area contributed by atoms with Gasteiger partial charge in [0.1, 0.15) is 23.4 Å². The number of imide groups is 1. The van der Waals surface area contributed by atoms with E-state index in [1.807, 2.05) is 12.1 Å². The molecule has 2 bridgehead atoms. The minimum atomic E-state index is -0.600. The van der Waals surface area contributed by atoms with E-state index in [0.717, 1.165) is 22.6 Å². The Kier molecular flexibility index (Phi) is 4.46. The van der Waals surface area contributed by atoms with E-state index in [1.54, 1.807) is 20.3 Å². The van der Waals surface area contributed by atoms with Crippen molar-refractivity contribution in [3.05, 3.63) is 52.8 Å². The van der Waals surface area contributed by atoms with Crippen LogP contribution in [-0.2, 0) is 14.4 Å². The molecule has 0 N–H and O–H groups in total. The molecule has 6 rings (SSSR count). The van der Waals surface area contributed by atoms with E-state index in [9.17, 15) is 14.0 Å². The molecule has 6 atom stereocenters. The second kappa shape index (κ2) is 7.18. The summed E-state index contributed by atoms with van der Waals surface area (Å²) in [5.74, 6) is -1.15. The number of carbonyl (C=O) groups excluding carboxylic acids is 2. The Balaban J connectivity index is 1.35. The summed E-state index contributed by atoms with van der Waals surface area (Å²) in [6.45, 7) is 0. The Morgan fingerprint density at radius 2 is 1.79 bits per heavy atom. The van der Waals surface area contributed by atoms with Crippen LogP contribution in [0.2, 0.25) is 5.02 Å². The summed E-state index contributed by atoms with van der Waals surface area (Å²) in [4.78, 5) is 33.8. The molecule has 2 heterocycles. The van der Waals surface area contributed by atoms with Crippen LogP contribution in [0, 0.1) is 35.4 Å². The third-order valence-corrected chi connectivity index (χ3v) is 7.83. The molecule has 2 amide bonds. The first kappa shape index (κ1) is 20.5. The van der Waals surface area contributed by atoms with Crippen LogP contribution < -0.4 is 14.4 Å². The van der Waals surface area contributed by atoms with Gasteiger partial charge in [0.05, 0.1) is 42.5 Å². The maximum absolute atomic E-state index is 13.6. The molecule has 7 nitrogen and oxygen atoms in total. The number of benzene rings is 2. The first-order chi connectivity index (χ1) is 15.9. The van der Waals surface area contributed by atoms with Gasteiger partial charge in [-0.05, 0) is 42.7 Å². The van der Waals surface area contributed by atoms with Gasteiger partial charge in [-0.3, -0.25) is 9.59 Å². The zero-order valence-corrected chi connectivity index (χ0v) is 18.6. The van der Waals surface area contributed by atoms with E-state index in [2.05, 4.69) is 5.16 Å². The van der Waals surface area contributed by atoms with Gasteiger partial charge < -0.3 is 14.3 Å². The lowest BCUT2D eigenvalue weighted by Crippen LogP contribution is -2.41. The van der Waals surface area contributed by atoms with Crippen molar-refractivity contribution in [1.29, 1.82) is 0 Å². The molecule has 2 aromatic carbocycles. The van der Waals surface area contributed by atoms with Crippen LogP contribution in [0.5, 0.6) is 11.5 Å². The summed E-state index contributed by atoms with van der Waals surface area (Å²) in [5, 5.41) is 4.24. The molecule has 4 aliphatic rings. The molecule has 2 aromatic rings. The van der Waals surface area contributed by atoms with Crippen LogP contribution in [0.4, 0.5) is 10.1 Å².